The van der Waals surface area contributed by atoms with Crippen LogP contribution in [-0.4, -0.2) is 56.5 Å². The molecule has 8 nitrogen and oxygen atoms in total. The van der Waals surface area contributed by atoms with Crippen LogP contribution in [0.5, 0.6) is 0 Å². The summed E-state index contributed by atoms with van der Waals surface area (Å²) < 4.78 is 32.8. The first-order valence-electron chi connectivity index (χ1n) is 11.2. The molecule has 176 valence electrons. The van der Waals surface area contributed by atoms with Crippen LogP contribution >= 0.6 is 0 Å². The molecule has 0 bridgehead atoms. The third-order valence-corrected chi connectivity index (χ3v) is 7.22. The van der Waals surface area contributed by atoms with E-state index in [1.807, 2.05) is 26.0 Å². The lowest BCUT2D eigenvalue weighted by molar-refractivity contribution is -0.0586. The van der Waals surface area contributed by atoms with Gasteiger partial charge in [-0.15, -0.1) is 0 Å². The molecule has 9 heteroatoms. The van der Waals surface area contributed by atoms with Crippen LogP contribution in [0.4, 0.5) is 0 Å². The molecule has 2 aromatic carbocycles. The number of carbonyl (C=O) groups is 2. The standard InChI is InChI=1S/C24H29N3O5S/c1-16-14-27(15-17(2)32-16)24(29)20-5-3-18(4-6-20)13-25-23(28)19-7-11-22(12-8-19)33(30,31)26-21-9-10-21/h3-8,11-12,16-17,21,26H,9-10,13-15H2,1-2H3,(H,25,28). The zero-order valence-corrected chi connectivity index (χ0v) is 19.6. The Kier molecular flexibility index (Phi) is 6.83. The maximum Gasteiger partial charge on any atom is 0.254 e. The number of hydrogen-bond donors (Lipinski definition) is 2. The second kappa shape index (κ2) is 9.62. The Morgan fingerprint density at radius 1 is 0.939 bits per heavy atom. The predicted molar refractivity (Wildman–Crippen MR) is 123 cm³/mol. The summed E-state index contributed by atoms with van der Waals surface area (Å²) in [7, 11) is -3.54. The summed E-state index contributed by atoms with van der Waals surface area (Å²) in [6.45, 7) is 5.34. The van der Waals surface area contributed by atoms with Gasteiger partial charge in [0, 0.05) is 36.8 Å². The Balaban J connectivity index is 1.31. The number of ether oxygens (including phenoxy) is 1. The van der Waals surface area contributed by atoms with Crippen LogP contribution in [-0.2, 0) is 21.3 Å². The molecular formula is C24H29N3O5S. The van der Waals surface area contributed by atoms with Gasteiger partial charge < -0.3 is 15.0 Å². The van der Waals surface area contributed by atoms with Crippen molar-refractivity contribution in [2.75, 3.05) is 13.1 Å². The quantitative estimate of drug-likeness (QED) is 0.645. The van der Waals surface area contributed by atoms with E-state index in [-0.39, 0.29) is 35.0 Å². The van der Waals surface area contributed by atoms with Crippen LogP contribution in [0, 0.1) is 0 Å². The number of rotatable bonds is 7. The van der Waals surface area contributed by atoms with Crippen LogP contribution in [0.25, 0.3) is 0 Å². The Labute approximate surface area is 194 Å². The largest absolute Gasteiger partial charge is 0.372 e. The van der Waals surface area contributed by atoms with Crippen molar-refractivity contribution in [2.45, 2.75) is 56.4 Å². The highest BCUT2D eigenvalue weighted by molar-refractivity contribution is 7.89. The van der Waals surface area contributed by atoms with E-state index in [4.69, 9.17) is 4.74 Å². The second-order valence-corrected chi connectivity index (χ2v) is 10.5. The number of hydrogen-bond acceptors (Lipinski definition) is 5. The van der Waals surface area contributed by atoms with Gasteiger partial charge in [0.25, 0.3) is 11.8 Å². The van der Waals surface area contributed by atoms with Crippen LogP contribution in [0.1, 0.15) is 53.0 Å². The van der Waals surface area contributed by atoms with E-state index in [9.17, 15) is 18.0 Å². The summed E-state index contributed by atoms with van der Waals surface area (Å²) in [6.07, 6.45) is 1.74. The molecule has 2 atom stereocenters. The Hall–Kier alpha value is -2.75. The molecule has 1 aliphatic carbocycles. The van der Waals surface area contributed by atoms with Gasteiger partial charge in [-0.3, -0.25) is 9.59 Å². The number of sulfonamides is 1. The van der Waals surface area contributed by atoms with Crippen molar-refractivity contribution in [3.63, 3.8) is 0 Å². The van der Waals surface area contributed by atoms with E-state index in [1.165, 1.54) is 24.3 Å². The van der Waals surface area contributed by atoms with Gasteiger partial charge in [-0.2, -0.15) is 0 Å². The van der Waals surface area contributed by atoms with E-state index in [1.54, 1.807) is 17.0 Å². The summed E-state index contributed by atoms with van der Waals surface area (Å²) >= 11 is 0. The van der Waals surface area contributed by atoms with Gasteiger partial charge in [0.05, 0.1) is 17.1 Å². The molecule has 1 aliphatic heterocycles. The molecule has 2 aliphatic rings. The van der Waals surface area contributed by atoms with Crippen molar-refractivity contribution in [2.24, 2.45) is 0 Å². The fraction of sp³-hybridized carbons (Fsp3) is 0.417. The lowest BCUT2D eigenvalue weighted by Crippen LogP contribution is -2.48. The van der Waals surface area contributed by atoms with E-state index in [0.29, 0.717) is 30.8 Å². The van der Waals surface area contributed by atoms with Crippen LogP contribution < -0.4 is 10.0 Å². The first-order chi connectivity index (χ1) is 15.7. The molecule has 33 heavy (non-hydrogen) atoms. The molecule has 0 aromatic heterocycles. The first-order valence-corrected chi connectivity index (χ1v) is 12.6. The molecule has 1 saturated heterocycles. The van der Waals surface area contributed by atoms with E-state index >= 15 is 0 Å². The molecule has 4 rings (SSSR count). The molecule has 2 aromatic rings. The number of amides is 2. The lowest BCUT2D eigenvalue weighted by Gasteiger charge is -2.35. The van der Waals surface area contributed by atoms with E-state index in [2.05, 4.69) is 10.0 Å². The molecule has 0 spiro atoms. The van der Waals surface area contributed by atoms with Gasteiger partial charge in [-0.1, -0.05) is 12.1 Å². The van der Waals surface area contributed by atoms with Gasteiger partial charge >= 0.3 is 0 Å². The highest BCUT2D eigenvalue weighted by Gasteiger charge is 2.28. The maximum absolute atomic E-state index is 12.8. The van der Waals surface area contributed by atoms with Crippen molar-refractivity contribution in [3.05, 3.63) is 65.2 Å². The minimum atomic E-state index is -3.54. The normalized spacial score (nSPS) is 21.0. The molecule has 2 fully saturated rings. The number of morpholine rings is 1. The average Bonchev–Trinajstić information content (AvgIpc) is 3.60. The van der Waals surface area contributed by atoms with Crippen molar-refractivity contribution >= 4 is 21.8 Å². The minimum absolute atomic E-state index is 0.0100. The van der Waals surface area contributed by atoms with Gasteiger partial charge in [0.15, 0.2) is 0 Å². The first kappa shape index (κ1) is 23.4. The van der Waals surface area contributed by atoms with Gasteiger partial charge in [0.1, 0.15) is 0 Å². The summed E-state index contributed by atoms with van der Waals surface area (Å²) in [5.41, 5.74) is 1.84. The topological polar surface area (TPSA) is 105 Å². The molecule has 1 heterocycles. The second-order valence-electron chi connectivity index (χ2n) is 8.77. The summed E-state index contributed by atoms with van der Waals surface area (Å²) in [5, 5.41) is 2.82. The third-order valence-electron chi connectivity index (χ3n) is 5.69. The SMILES string of the molecule is CC1CN(C(=O)c2ccc(CNC(=O)c3ccc(S(=O)(=O)NC4CC4)cc3)cc2)CC(C)O1. The number of nitrogens with one attached hydrogen (secondary N) is 2. The Morgan fingerprint density at radius 2 is 1.52 bits per heavy atom. The number of nitrogens with zero attached hydrogens (tertiary/aromatic N) is 1. The smallest absolute Gasteiger partial charge is 0.254 e. The molecule has 1 saturated carbocycles. The molecular weight excluding hydrogens is 442 g/mol. The van der Waals surface area contributed by atoms with Crippen LogP contribution in [0.3, 0.4) is 0 Å². The highest BCUT2D eigenvalue weighted by Crippen LogP contribution is 2.22. The average molecular weight is 472 g/mol. The fourth-order valence-corrected chi connectivity index (χ4v) is 5.15. The van der Waals surface area contributed by atoms with Crippen LogP contribution in [0.15, 0.2) is 53.4 Å². The maximum atomic E-state index is 12.8. The van der Waals surface area contributed by atoms with Gasteiger partial charge in [0.2, 0.25) is 10.0 Å². The fourth-order valence-electron chi connectivity index (χ4n) is 3.85. The summed E-state index contributed by atoms with van der Waals surface area (Å²) in [5.74, 6) is -0.329. The van der Waals surface area contributed by atoms with E-state index in [0.717, 1.165) is 18.4 Å². The Morgan fingerprint density at radius 3 is 2.09 bits per heavy atom. The zero-order chi connectivity index (χ0) is 23.6. The molecule has 0 radical (unpaired) electrons. The summed E-state index contributed by atoms with van der Waals surface area (Å²) in [4.78, 5) is 27.2. The van der Waals surface area contributed by atoms with E-state index < -0.39 is 10.0 Å². The van der Waals surface area contributed by atoms with Crippen molar-refractivity contribution < 1.29 is 22.7 Å². The molecule has 2 unspecified atom stereocenters. The third kappa shape index (κ3) is 5.98. The molecule has 2 amide bonds. The number of benzene rings is 2. The minimum Gasteiger partial charge on any atom is -0.372 e. The van der Waals surface area contributed by atoms with Gasteiger partial charge in [-0.25, -0.2) is 13.1 Å². The molecule has 2 N–H and O–H groups in total. The highest BCUT2D eigenvalue weighted by atomic mass is 32.2. The van der Waals surface area contributed by atoms with Crippen molar-refractivity contribution in [1.82, 2.24) is 14.9 Å². The monoisotopic (exact) mass is 471 g/mol. The van der Waals surface area contributed by atoms with Gasteiger partial charge in [-0.05, 0) is 68.7 Å². The predicted octanol–water partition coefficient (Wildman–Crippen LogP) is 2.31. The van der Waals surface area contributed by atoms with Crippen molar-refractivity contribution in [3.8, 4) is 0 Å². The summed E-state index contributed by atoms with van der Waals surface area (Å²) in [6, 6.07) is 13.1. The lowest BCUT2D eigenvalue weighted by atomic mass is 10.1. The Bertz CT molecular complexity index is 1100. The zero-order valence-electron chi connectivity index (χ0n) is 18.8. The number of carbonyl (C=O) groups excluding carboxylic acids is 2. The van der Waals surface area contributed by atoms with Crippen LogP contribution in [0.2, 0.25) is 0 Å². The van der Waals surface area contributed by atoms with Crippen molar-refractivity contribution in [1.29, 1.82) is 0 Å².